The minimum Gasteiger partial charge on any atom is -0.383 e. The first-order valence-electron chi connectivity index (χ1n) is 15.6. The number of aryl methyl sites for hydroxylation is 2. The second kappa shape index (κ2) is 14.1. The van der Waals surface area contributed by atoms with Crippen LogP contribution in [0.25, 0.3) is 21.9 Å². The van der Waals surface area contributed by atoms with Crippen molar-refractivity contribution in [2.24, 2.45) is 5.92 Å². The van der Waals surface area contributed by atoms with E-state index in [4.69, 9.17) is 4.74 Å². The summed E-state index contributed by atoms with van der Waals surface area (Å²) in [4.78, 5) is 34.5. The Morgan fingerprint density at radius 3 is 2.55 bits per heavy atom. The van der Waals surface area contributed by atoms with Gasteiger partial charge in [-0.2, -0.15) is 0 Å². The number of aromatic nitrogens is 3. The van der Waals surface area contributed by atoms with Gasteiger partial charge in [-0.05, 0) is 62.3 Å². The molecule has 0 bridgehead atoms. The number of carbonyl (C=O) groups is 2. The number of rotatable bonds is 11. The van der Waals surface area contributed by atoms with E-state index in [2.05, 4.69) is 57.6 Å². The number of ether oxygens (including phenoxy) is 1. The summed E-state index contributed by atoms with van der Waals surface area (Å²) in [7, 11) is 3.48. The van der Waals surface area contributed by atoms with Crippen molar-refractivity contribution in [2.75, 3.05) is 40.4 Å². The van der Waals surface area contributed by atoms with Crippen LogP contribution < -0.4 is 0 Å². The Morgan fingerprint density at radius 1 is 1.05 bits per heavy atom. The predicted molar refractivity (Wildman–Crippen MR) is 176 cm³/mol. The summed E-state index contributed by atoms with van der Waals surface area (Å²) in [6, 6.07) is 14.6. The number of likely N-dealkylation sites (N-methyl/N-ethyl adjacent to an activating group) is 1. The molecule has 3 heterocycles. The van der Waals surface area contributed by atoms with Crippen LogP contribution in [0.15, 0.2) is 72.8 Å². The van der Waals surface area contributed by atoms with Gasteiger partial charge in [-0.3, -0.25) is 9.59 Å². The normalized spacial score (nSPS) is 13.8. The Hall–Kier alpha value is -4.17. The van der Waals surface area contributed by atoms with Crippen molar-refractivity contribution in [3.05, 3.63) is 89.8 Å². The van der Waals surface area contributed by atoms with Gasteiger partial charge >= 0.3 is 0 Å². The first kappa shape index (κ1) is 31.3. The maximum atomic E-state index is 13.7. The number of carbonyl (C=O) groups excluding carboxylic acids is 2. The highest BCUT2D eigenvalue weighted by Gasteiger charge is 2.24. The highest BCUT2D eigenvalue weighted by Crippen LogP contribution is 2.33. The van der Waals surface area contributed by atoms with E-state index in [0.717, 1.165) is 77.8 Å². The number of imidazole rings is 1. The Morgan fingerprint density at radius 2 is 1.80 bits per heavy atom. The number of methoxy groups -OCH3 is 1. The number of benzene rings is 2. The van der Waals surface area contributed by atoms with E-state index in [1.807, 2.05) is 50.5 Å². The molecule has 8 nitrogen and oxygen atoms in total. The lowest BCUT2D eigenvalue weighted by Gasteiger charge is -2.31. The molecule has 44 heavy (non-hydrogen) atoms. The number of hydrogen-bond donors (Lipinski definition) is 0. The molecule has 1 aliphatic rings. The minimum atomic E-state index is -0.0247. The van der Waals surface area contributed by atoms with Crippen LogP contribution in [0.3, 0.4) is 0 Å². The molecule has 4 aromatic rings. The zero-order valence-corrected chi connectivity index (χ0v) is 26.8. The van der Waals surface area contributed by atoms with E-state index in [9.17, 15) is 9.59 Å². The molecule has 2 aromatic heterocycles. The Kier molecular flexibility index (Phi) is 10.0. The molecule has 0 atom stereocenters. The van der Waals surface area contributed by atoms with Gasteiger partial charge in [0.25, 0.3) is 5.91 Å². The number of allylic oxidation sites excluding steroid dienone is 1. The average molecular weight is 596 g/mol. The monoisotopic (exact) mass is 595 g/mol. The number of piperidine rings is 1. The molecule has 0 N–H and O–H groups in total. The first-order chi connectivity index (χ1) is 21.2. The second-order valence-corrected chi connectivity index (χ2v) is 12.3. The van der Waals surface area contributed by atoms with Crippen LogP contribution >= 0.6 is 0 Å². The molecule has 0 unspecified atom stereocenters. The Balaban J connectivity index is 1.36. The van der Waals surface area contributed by atoms with Gasteiger partial charge in [-0.1, -0.05) is 48.0 Å². The maximum absolute atomic E-state index is 13.7. The summed E-state index contributed by atoms with van der Waals surface area (Å²) < 4.78 is 9.63. The van der Waals surface area contributed by atoms with Gasteiger partial charge in [0.2, 0.25) is 5.91 Å². The summed E-state index contributed by atoms with van der Waals surface area (Å²) in [5, 5.41) is 2.26. The lowest BCUT2D eigenvalue weighted by Crippen LogP contribution is -2.37. The maximum Gasteiger partial charge on any atom is 0.255 e. The van der Waals surface area contributed by atoms with Crippen molar-refractivity contribution in [3.8, 4) is 11.1 Å². The molecule has 2 amide bonds. The van der Waals surface area contributed by atoms with Crippen molar-refractivity contribution in [1.29, 1.82) is 0 Å². The predicted octanol–water partition coefficient (Wildman–Crippen LogP) is 6.17. The fraction of sp³-hybridized carbons (Fsp3) is 0.417. The zero-order valence-electron chi connectivity index (χ0n) is 26.8. The smallest absolute Gasteiger partial charge is 0.255 e. The minimum absolute atomic E-state index is 0.0247. The summed E-state index contributed by atoms with van der Waals surface area (Å²) in [5.74, 6) is 0.689. The molecule has 1 saturated heterocycles. The van der Waals surface area contributed by atoms with Crippen LogP contribution in [0.2, 0.25) is 0 Å². The number of nitrogens with zero attached hydrogens (tertiary/aromatic N) is 5. The van der Waals surface area contributed by atoms with Crippen LogP contribution in [-0.4, -0.2) is 76.1 Å². The van der Waals surface area contributed by atoms with Crippen LogP contribution in [0.4, 0.5) is 0 Å². The van der Waals surface area contributed by atoms with Gasteiger partial charge in [-0.25, -0.2) is 4.98 Å². The zero-order chi connectivity index (χ0) is 31.2. The summed E-state index contributed by atoms with van der Waals surface area (Å²) >= 11 is 0. The third-order valence-electron chi connectivity index (χ3n) is 8.77. The molecule has 0 radical (unpaired) electrons. The first-order valence-corrected chi connectivity index (χ1v) is 15.6. The molecule has 0 saturated carbocycles. The summed E-state index contributed by atoms with van der Waals surface area (Å²) in [6.45, 7) is 10.1. The van der Waals surface area contributed by atoms with Crippen molar-refractivity contribution in [1.82, 2.24) is 23.9 Å². The Bertz CT molecular complexity index is 1630. The molecule has 0 aliphatic carbocycles. The number of hydrogen-bond acceptors (Lipinski definition) is 4. The topological polar surface area (TPSA) is 72.6 Å². The third-order valence-corrected chi connectivity index (χ3v) is 8.77. The van der Waals surface area contributed by atoms with Crippen molar-refractivity contribution in [2.45, 2.75) is 53.1 Å². The quantitative estimate of drug-likeness (QED) is 0.194. The molecule has 232 valence electrons. The number of likely N-dealkylation sites (tertiary alicyclic amines) is 1. The largest absolute Gasteiger partial charge is 0.383 e. The Labute approximate surface area is 260 Å². The molecular formula is C36H45N5O3. The SMILES string of the molecule is COCCN(C)C(=O)c1cn(Cc2c(C)ncn2CCC2CCN(C(=O)C=C(C)C)CC2)cc1-c1cccc2ccccc12. The lowest BCUT2D eigenvalue weighted by atomic mass is 9.93. The van der Waals surface area contributed by atoms with Crippen LogP contribution in [0, 0.1) is 12.8 Å². The second-order valence-electron chi connectivity index (χ2n) is 12.3. The van der Waals surface area contributed by atoms with E-state index in [0.29, 0.717) is 31.2 Å². The summed E-state index contributed by atoms with van der Waals surface area (Å²) in [5.41, 5.74) is 5.84. The number of amides is 2. The highest BCUT2D eigenvalue weighted by molar-refractivity contribution is 6.06. The van der Waals surface area contributed by atoms with Gasteiger partial charge in [0, 0.05) is 64.4 Å². The van der Waals surface area contributed by atoms with Crippen LogP contribution in [0.1, 0.15) is 54.9 Å². The average Bonchev–Trinajstić information content (AvgIpc) is 3.61. The van der Waals surface area contributed by atoms with Gasteiger partial charge < -0.3 is 23.7 Å². The van der Waals surface area contributed by atoms with Gasteiger partial charge in [0.1, 0.15) is 0 Å². The fourth-order valence-electron chi connectivity index (χ4n) is 6.16. The molecule has 5 rings (SSSR count). The van der Waals surface area contributed by atoms with E-state index >= 15 is 0 Å². The van der Waals surface area contributed by atoms with Gasteiger partial charge in [-0.15, -0.1) is 0 Å². The third kappa shape index (κ3) is 7.13. The molecule has 2 aromatic carbocycles. The van der Waals surface area contributed by atoms with Crippen LogP contribution in [-0.2, 0) is 22.6 Å². The van der Waals surface area contributed by atoms with E-state index in [1.165, 1.54) is 0 Å². The molecule has 8 heteroatoms. The van der Waals surface area contributed by atoms with Crippen LogP contribution in [0.5, 0.6) is 0 Å². The highest BCUT2D eigenvalue weighted by atomic mass is 16.5. The number of fused-ring (bicyclic) bond motifs is 1. The van der Waals surface area contributed by atoms with Gasteiger partial charge in [0.15, 0.2) is 0 Å². The van der Waals surface area contributed by atoms with Gasteiger partial charge in [0.05, 0.1) is 36.4 Å². The molecule has 1 fully saturated rings. The van der Waals surface area contributed by atoms with E-state index in [1.54, 1.807) is 18.1 Å². The lowest BCUT2D eigenvalue weighted by molar-refractivity contribution is -0.127. The fourth-order valence-corrected chi connectivity index (χ4v) is 6.16. The van der Waals surface area contributed by atoms with E-state index < -0.39 is 0 Å². The standard InChI is InChI=1S/C36H45N5O3/c1-26(2)21-35(42)40-16-13-28(14-17-40)15-18-41-25-37-27(3)34(41)24-39-22-32(33(23-39)36(43)38(4)19-20-44-5)31-12-8-10-29-9-6-7-11-30(29)31/h6-12,21-23,25,28H,13-20,24H2,1-5H3. The summed E-state index contributed by atoms with van der Waals surface area (Å²) in [6.07, 6.45) is 10.9. The molecular weight excluding hydrogens is 550 g/mol. The molecule has 1 aliphatic heterocycles. The van der Waals surface area contributed by atoms with Crippen molar-refractivity contribution in [3.63, 3.8) is 0 Å². The van der Waals surface area contributed by atoms with E-state index in [-0.39, 0.29) is 11.8 Å². The van der Waals surface area contributed by atoms with Crippen molar-refractivity contribution < 1.29 is 14.3 Å². The van der Waals surface area contributed by atoms with Crippen molar-refractivity contribution >= 4 is 22.6 Å². The molecule has 0 spiro atoms.